The van der Waals surface area contributed by atoms with Crippen molar-refractivity contribution in [3.8, 4) is 0 Å². The normalized spacial score (nSPS) is 13.3. The molecule has 0 unspecified atom stereocenters. The third-order valence-electron chi connectivity index (χ3n) is 2.15. The third kappa shape index (κ3) is 7.91. The highest BCUT2D eigenvalue weighted by atomic mass is 79.9. The van der Waals surface area contributed by atoms with Crippen molar-refractivity contribution in [3.63, 3.8) is 0 Å². The van der Waals surface area contributed by atoms with Gasteiger partial charge in [0.15, 0.2) is 20.0 Å². The minimum atomic E-state index is -6.72. The molecule has 0 saturated heterocycles. The zero-order chi connectivity index (χ0) is 20.1. The van der Waals surface area contributed by atoms with E-state index in [1.54, 1.807) is 0 Å². The highest BCUT2D eigenvalue weighted by Crippen LogP contribution is 2.36. The van der Waals surface area contributed by atoms with Crippen LogP contribution in [-0.4, -0.2) is 37.7 Å². The van der Waals surface area contributed by atoms with Gasteiger partial charge in [0.1, 0.15) is 12.4 Å². The maximum absolute atomic E-state index is 11.4. The van der Waals surface area contributed by atoms with Crippen molar-refractivity contribution in [2.75, 3.05) is 5.33 Å². The lowest BCUT2D eigenvalue weighted by Gasteiger charge is -2.22. The molecule has 25 heavy (non-hydrogen) atoms. The molecule has 7 nitrogen and oxygen atoms in total. The lowest BCUT2D eigenvalue weighted by Crippen LogP contribution is -2.30. The van der Waals surface area contributed by atoms with Crippen molar-refractivity contribution in [3.05, 3.63) is 22.8 Å². The van der Waals surface area contributed by atoms with Crippen LogP contribution in [-0.2, 0) is 33.6 Å². The summed E-state index contributed by atoms with van der Waals surface area (Å²) in [7, 11) is -11.4. The standard InChI is InChI=1S/C7H12BrN2.C2F6NO4S2/c1-9-5-6-10(7-9)4-2-3-8;3-1(4,5)14(10,11)9-15(12,13)2(6,7)8/h5-7H,2-4H2,1H3;/q+1;-1. The summed E-state index contributed by atoms with van der Waals surface area (Å²) in [5.41, 5.74) is -12.4. The number of imidazole rings is 1. The average Bonchev–Trinajstić information content (AvgIpc) is 2.79. The molecule has 0 saturated carbocycles. The van der Waals surface area contributed by atoms with Crippen molar-refractivity contribution in [2.45, 2.75) is 24.0 Å². The van der Waals surface area contributed by atoms with Crippen LogP contribution in [0.3, 0.4) is 0 Å². The first-order valence-corrected chi connectivity index (χ1v) is 9.97. The Bertz CT molecular complexity index is 715. The molecule has 0 aliphatic rings. The molecule has 0 aromatic carbocycles. The summed E-state index contributed by atoms with van der Waals surface area (Å²) in [6.07, 6.45) is 7.41. The summed E-state index contributed by atoms with van der Waals surface area (Å²) in [5, 5.41) is 1.08. The Balaban J connectivity index is 0.000000496. The van der Waals surface area contributed by atoms with Crippen molar-refractivity contribution in [1.82, 2.24) is 4.57 Å². The van der Waals surface area contributed by atoms with Crippen LogP contribution in [0, 0.1) is 0 Å². The van der Waals surface area contributed by atoms with E-state index in [1.807, 2.05) is 17.8 Å². The Morgan fingerprint density at radius 1 is 1.04 bits per heavy atom. The molecular weight excluding hydrogens is 472 g/mol. The number of alkyl halides is 7. The van der Waals surface area contributed by atoms with Gasteiger partial charge in [0, 0.05) is 5.33 Å². The highest BCUT2D eigenvalue weighted by molar-refractivity contribution is 9.09. The van der Waals surface area contributed by atoms with Crippen LogP contribution in [0.4, 0.5) is 26.3 Å². The summed E-state index contributed by atoms with van der Waals surface area (Å²) in [6.45, 7) is 1.10. The van der Waals surface area contributed by atoms with Gasteiger partial charge in [0.05, 0.1) is 13.6 Å². The molecule has 1 heterocycles. The number of nitrogens with zero attached hydrogens (tertiary/aromatic N) is 3. The molecule has 0 bridgehead atoms. The van der Waals surface area contributed by atoms with Crippen molar-refractivity contribution < 1.29 is 47.7 Å². The minimum Gasteiger partial charge on any atom is -0.421 e. The first kappa shape index (κ1) is 24.1. The van der Waals surface area contributed by atoms with E-state index in [4.69, 9.17) is 0 Å². The zero-order valence-corrected chi connectivity index (χ0v) is 15.5. The average molecular weight is 484 g/mol. The van der Waals surface area contributed by atoms with Crippen molar-refractivity contribution >= 4 is 36.0 Å². The Morgan fingerprint density at radius 2 is 1.48 bits per heavy atom. The monoisotopic (exact) mass is 483 g/mol. The molecule has 1 aromatic heterocycles. The summed E-state index contributed by atoms with van der Waals surface area (Å²) in [4.78, 5) is 0. The topological polar surface area (TPSA) is 91.2 Å². The van der Waals surface area contributed by atoms with Crippen LogP contribution in [0.5, 0.6) is 0 Å². The maximum Gasteiger partial charge on any atom is 0.480 e. The van der Waals surface area contributed by atoms with E-state index in [-0.39, 0.29) is 0 Å². The predicted molar refractivity (Wildman–Crippen MR) is 77.3 cm³/mol. The first-order chi connectivity index (χ1) is 11.0. The van der Waals surface area contributed by atoms with Crippen LogP contribution in [0.2, 0.25) is 0 Å². The molecule has 0 spiro atoms. The van der Waals surface area contributed by atoms with Crippen LogP contribution in [0.15, 0.2) is 18.7 Å². The molecule has 16 heteroatoms. The van der Waals surface area contributed by atoms with Gasteiger partial charge in [-0.3, -0.25) is 0 Å². The summed E-state index contributed by atoms with van der Waals surface area (Å²) in [6, 6.07) is 0. The van der Waals surface area contributed by atoms with Crippen molar-refractivity contribution in [2.24, 2.45) is 7.05 Å². The number of aryl methyl sites for hydroxylation is 2. The molecule has 1 rings (SSSR count). The number of aromatic nitrogens is 2. The maximum atomic E-state index is 11.4. The van der Waals surface area contributed by atoms with Gasteiger partial charge >= 0.3 is 11.0 Å². The number of sulfonamides is 2. The lowest BCUT2D eigenvalue weighted by atomic mass is 10.5. The quantitative estimate of drug-likeness (QED) is 0.364. The number of hydrogen-bond donors (Lipinski definition) is 0. The number of hydrogen-bond acceptors (Lipinski definition) is 4. The molecular formula is C9H12BrF6N3O4S2. The smallest absolute Gasteiger partial charge is 0.421 e. The molecule has 1 aromatic rings. The van der Waals surface area contributed by atoms with Gasteiger partial charge in [-0.25, -0.2) is 26.0 Å². The van der Waals surface area contributed by atoms with Crippen LogP contribution in [0.1, 0.15) is 6.42 Å². The van der Waals surface area contributed by atoms with Gasteiger partial charge in [-0.2, -0.15) is 26.3 Å². The van der Waals surface area contributed by atoms with Gasteiger partial charge in [0.2, 0.25) is 6.33 Å². The fourth-order valence-corrected chi connectivity index (χ4v) is 3.05. The molecule has 0 atom stereocenters. The van der Waals surface area contributed by atoms with E-state index in [9.17, 15) is 43.2 Å². The summed E-state index contributed by atoms with van der Waals surface area (Å²) in [5.74, 6) is 0. The van der Waals surface area contributed by atoms with E-state index >= 15 is 0 Å². The summed E-state index contributed by atoms with van der Waals surface area (Å²) < 4.78 is 113. The minimum absolute atomic E-state index is 0.778. The Hall–Kier alpha value is -0.870. The van der Waals surface area contributed by atoms with Crippen molar-refractivity contribution in [1.29, 1.82) is 0 Å². The van der Waals surface area contributed by atoms with E-state index in [1.165, 1.54) is 6.42 Å². The first-order valence-electron chi connectivity index (χ1n) is 5.97. The Labute approximate surface area is 147 Å². The Kier molecular flexibility index (Phi) is 8.38. The van der Waals surface area contributed by atoms with Gasteiger partial charge in [-0.15, -0.1) is 0 Å². The van der Waals surface area contributed by atoms with Gasteiger partial charge < -0.3 is 4.13 Å². The summed E-state index contributed by atoms with van der Waals surface area (Å²) >= 11 is 3.39. The van der Waals surface area contributed by atoms with E-state index in [0.29, 0.717) is 0 Å². The number of halogens is 7. The second-order valence-electron chi connectivity index (χ2n) is 4.28. The number of rotatable bonds is 5. The lowest BCUT2D eigenvalue weighted by molar-refractivity contribution is -0.671. The van der Waals surface area contributed by atoms with Crippen LogP contribution in [0.25, 0.3) is 4.13 Å². The zero-order valence-electron chi connectivity index (χ0n) is 12.3. The van der Waals surface area contributed by atoms with Gasteiger partial charge in [-0.1, -0.05) is 15.9 Å². The van der Waals surface area contributed by atoms with E-state index in [2.05, 4.69) is 33.0 Å². The second kappa shape index (κ2) is 8.68. The van der Waals surface area contributed by atoms with E-state index in [0.717, 1.165) is 16.0 Å². The predicted octanol–water partition coefficient (Wildman–Crippen LogP) is 2.16. The SMILES string of the molecule is C[n+]1ccn(CCCBr)c1.O=S(=O)([N-]S(=O)(=O)C(F)(F)F)C(F)(F)F. The van der Waals surface area contributed by atoms with Crippen LogP contribution < -0.4 is 4.57 Å². The van der Waals surface area contributed by atoms with Gasteiger partial charge in [0.25, 0.3) is 0 Å². The molecule has 0 radical (unpaired) electrons. The third-order valence-corrected chi connectivity index (χ3v) is 5.46. The molecule has 0 fully saturated rings. The largest absolute Gasteiger partial charge is 0.480 e. The highest BCUT2D eigenvalue weighted by Gasteiger charge is 2.46. The van der Waals surface area contributed by atoms with Crippen LogP contribution >= 0.6 is 15.9 Å². The fourth-order valence-electron chi connectivity index (χ4n) is 1.09. The van der Waals surface area contributed by atoms with Gasteiger partial charge in [-0.05, 0) is 6.42 Å². The molecule has 0 N–H and O–H groups in total. The molecule has 0 aliphatic carbocycles. The molecule has 0 aliphatic heterocycles. The molecule has 148 valence electrons. The fraction of sp³-hybridized carbons (Fsp3) is 0.667. The van der Waals surface area contributed by atoms with E-state index < -0.39 is 31.1 Å². The second-order valence-corrected chi connectivity index (χ2v) is 8.49. The molecule has 0 amide bonds. The Morgan fingerprint density at radius 3 is 1.76 bits per heavy atom.